The first-order valence-corrected chi connectivity index (χ1v) is 5.19. The largest absolute Gasteiger partial charge is 0.220 e. The number of hydrogen-bond acceptors (Lipinski definition) is 3. The molecule has 0 atom stereocenters. The summed E-state index contributed by atoms with van der Waals surface area (Å²) in [7, 11) is 0. The Morgan fingerprint density at radius 2 is 1.88 bits per heavy atom. The van der Waals surface area contributed by atoms with Crippen molar-refractivity contribution in [1.82, 2.24) is 14.8 Å². The zero-order chi connectivity index (χ0) is 11.7. The van der Waals surface area contributed by atoms with Gasteiger partial charge in [-0.15, -0.1) is 5.10 Å². The lowest BCUT2D eigenvalue weighted by Crippen LogP contribution is -1.83. The van der Waals surface area contributed by atoms with Crippen molar-refractivity contribution in [1.29, 1.82) is 5.26 Å². The lowest BCUT2D eigenvalue weighted by atomic mass is 10.1. The number of nitriles is 1. The van der Waals surface area contributed by atoms with Crippen LogP contribution in [0.1, 0.15) is 5.56 Å². The fourth-order valence-corrected chi connectivity index (χ4v) is 1.75. The van der Waals surface area contributed by atoms with E-state index in [-0.39, 0.29) is 0 Å². The Hall–Kier alpha value is -2.67. The second-order valence-corrected chi connectivity index (χ2v) is 3.66. The second kappa shape index (κ2) is 3.72. The number of rotatable bonds is 1. The maximum Gasteiger partial charge on any atom is 0.120 e. The Labute approximate surface area is 97.7 Å². The van der Waals surface area contributed by atoms with E-state index >= 15 is 0 Å². The van der Waals surface area contributed by atoms with E-state index in [0.717, 1.165) is 16.8 Å². The van der Waals surface area contributed by atoms with Crippen LogP contribution in [0.15, 0.2) is 48.7 Å². The molecule has 0 fully saturated rings. The Balaban J connectivity index is 2.17. The molecule has 0 aliphatic rings. The smallest absolute Gasteiger partial charge is 0.120 e. The molecule has 0 aliphatic carbocycles. The summed E-state index contributed by atoms with van der Waals surface area (Å²) in [4.78, 5) is 0. The standard InChI is InChI=1S/C13H8N4/c14-9-10-4-6-11(7-5-10)13-12-3-1-2-8-17(12)16-15-13/h1-8H. The van der Waals surface area contributed by atoms with Crippen molar-refractivity contribution < 1.29 is 0 Å². The van der Waals surface area contributed by atoms with Crippen molar-refractivity contribution in [3.05, 3.63) is 54.2 Å². The first-order chi connectivity index (χ1) is 8.38. The van der Waals surface area contributed by atoms with Gasteiger partial charge >= 0.3 is 0 Å². The van der Waals surface area contributed by atoms with Crippen LogP contribution >= 0.6 is 0 Å². The highest BCUT2D eigenvalue weighted by Gasteiger charge is 2.07. The van der Waals surface area contributed by atoms with Crippen LogP contribution < -0.4 is 0 Å². The molecule has 0 aliphatic heterocycles. The van der Waals surface area contributed by atoms with Gasteiger partial charge in [0.15, 0.2) is 0 Å². The predicted octanol–water partition coefficient (Wildman–Crippen LogP) is 2.27. The third-order valence-corrected chi connectivity index (χ3v) is 2.61. The molecule has 0 spiro atoms. The van der Waals surface area contributed by atoms with Crippen LogP contribution in [0.5, 0.6) is 0 Å². The van der Waals surface area contributed by atoms with E-state index in [9.17, 15) is 0 Å². The summed E-state index contributed by atoms with van der Waals surface area (Å²) in [5, 5.41) is 16.9. The molecule has 0 saturated heterocycles. The van der Waals surface area contributed by atoms with E-state index in [2.05, 4.69) is 16.4 Å². The number of aromatic nitrogens is 3. The first kappa shape index (κ1) is 9.55. The van der Waals surface area contributed by atoms with Gasteiger partial charge in [0.2, 0.25) is 0 Å². The minimum absolute atomic E-state index is 0.644. The van der Waals surface area contributed by atoms with E-state index in [1.807, 2.05) is 36.5 Å². The molecule has 0 N–H and O–H groups in total. The lowest BCUT2D eigenvalue weighted by Gasteiger charge is -1.97. The summed E-state index contributed by atoms with van der Waals surface area (Å²) in [6.07, 6.45) is 1.86. The molecule has 0 amide bonds. The zero-order valence-corrected chi connectivity index (χ0v) is 8.91. The minimum Gasteiger partial charge on any atom is -0.220 e. The second-order valence-electron chi connectivity index (χ2n) is 3.66. The summed E-state index contributed by atoms with van der Waals surface area (Å²) in [6.45, 7) is 0. The summed E-state index contributed by atoms with van der Waals surface area (Å²) in [5.74, 6) is 0. The van der Waals surface area contributed by atoms with Gasteiger partial charge in [0.05, 0.1) is 17.1 Å². The van der Waals surface area contributed by atoms with Gasteiger partial charge in [0.1, 0.15) is 5.69 Å². The summed E-state index contributed by atoms with van der Waals surface area (Å²) < 4.78 is 1.73. The monoisotopic (exact) mass is 220 g/mol. The zero-order valence-electron chi connectivity index (χ0n) is 8.91. The maximum atomic E-state index is 8.75. The van der Waals surface area contributed by atoms with Crippen LogP contribution in [0.3, 0.4) is 0 Å². The fourth-order valence-electron chi connectivity index (χ4n) is 1.75. The van der Waals surface area contributed by atoms with Gasteiger partial charge in [-0.3, -0.25) is 0 Å². The highest BCUT2D eigenvalue weighted by molar-refractivity contribution is 5.76. The van der Waals surface area contributed by atoms with Gasteiger partial charge < -0.3 is 0 Å². The Bertz CT molecular complexity index is 704. The topological polar surface area (TPSA) is 54.0 Å². The third-order valence-electron chi connectivity index (χ3n) is 2.61. The number of fused-ring (bicyclic) bond motifs is 1. The first-order valence-electron chi connectivity index (χ1n) is 5.19. The van der Waals surface area contributed by atoms with Crippen molar-refractivity contribution in [2.75, 3.05) is 0 Å². The highest BCUT2D eigenvalue weighted by Crippen LogP contribution is 2.21. The lowest BCUT2D eigenvalue weighted by molar-refractivity contribution is 0.857. The average Bonchev–Trinajstić information content (AvgIpc) is 2.83. The molecule has 17 heavy (non-hydrogen) atoms. The van der Waals surface area contributed by atoms with Gasteiger partial charge in [0, 0.05) is 11.8 Å². The normalized spacial score (nSPS) is 10.3. The molecule has 3 rings (SSSR count). The molecular formula is C13H8N4. The molecular weight excluding hydrogens is 212 g/mol. The van der Waals surface area contributed by atoms with E-state index < -0.39 is 0 Å². The van der Waals surface area contributed by atoms with Gasteiger partial charge in [-0.2, -0.15) is 5.26 Å². The van der Waals surface area contributed by atoms with Crippen LogP contribution in [0, 0.1) is 11.3 Å². The molecule has 2 heterocycles. The van der Waals surface area contributed by atoms with Gasteiger partial charge in [-0.05, 0) is 24.3 Å². The SMILES string of the molecule is N#Cc1ccc(-c2nnn3ccccc23)cc1. The van der Waals surface area contributed by atoms with E-state index in [0.29, 0.717) is 5.56 Å². The molecule has 0 saturated carbocycles. The molecule has 0 unspecified atom stereocenters. The van der Waals surface area contributed by atoms with Crippen molar-refractivity contribution >= 4 is 5.52 Å². The van der Waals surface area contributed by atoms with E-state index in [1.54, 1.807) is 16.6 Å². The van der Waals surface area contributed by atoms with Crippen LogP contribution in [0.4, 0.5) is 0 Å². The number of hydrogen-bond donors (Lipinski definition) is 0. The van der Waals surface area contributed by atoms with Crippen molar-refractivity contribution in [3.8, 4) is 17.3 Å². The van der Waals surface area contributed by atoms with Gasteiger partial charge in [-0.1, -0.05) is 23.4 Å². The molecule has 0 radical (unpaired) electrons. The summed E-state index contributed by atoms with van der Waals surface area (Å²) in [6, 6.07) is 15.2. The van der Waals surface area contributed by atoms with Gasteiger partial charge in [-0.25, -0.2) is 4.52 Å². The van der Waals surface area contributed by atoms with Crippen LogP contribution in [0.2, 0.25) is 0 Å². The highest BCUT2D eigenvalue weighted by atomic mass is 15.4. The molecule has 3 aromatic rings. The van der Waals surface area contributed by atoms with Crippen molar-refractivity contribution in [2.24, 2.45) is 0 Å². The van der Waals surface area contributed by atoms with Gasteiger partial charge in [0.25, 0.3) is 0 Å². The van der Waals surface area contributed by atoms with Crippen molar-refractivity contribution in [3.63, 3.8) is 0 Å². The number of pyridine rings is 1. The summed E-state index contributed by atoms with van der Waals surface area (Å²) >= 11 is 0. The molecule has 4 heteroatoms. The Kier molecular flexibility index (Phi) is 2.09. The quantitative estimate of drug-likeness (QED) is 0.632. The van der Waals surface area contributed by atoms with E-state index in [4.69, 9.17) is 5.26 Å². The minimum atomic E-state index is 0.644. The predicted molar refractivity (Wildman–Crippen MR) is 63.1 cm³/mol. The third kappa shape index (κ3) is 1.54. The number of nitrogens with zero attached hydrogens (tertiary/aromatic N) is 4. The number of benzene rings is 1. The van der Waals surface area contributed by atoms with Crippen LogP contribution in [0.25, 0.3) is 16.8 Å². The van der Waals surface area contributed by atoms with Crippen molar-refractivity contribution in [2.45, 2.75) is 0 Å². The molecule has 4 nitrogen and oxygen atoms in total. The molecule has 2 aromatic heterocycles. The van der Waals surface area contributed by atoms with Crippen LogP contribution in [-0.4, -0.2) is 14.8 Å². The fraction of sp³-hybridized carbons (Fsp3) is 0. The maximum absolute atomic E-state index is 8.75. The Morgan fingerprint density at radius 3 is 2.65 bits per heavy atom. The molecule has 0 bridgehead atoms. The average molecular weight is 220 g/mol. The molecule has 1 aromatic carbocycles. The molecule has 80 valence electrons. The Morgan fingerprint density at radius 1 is 1.06 bits per heavy atom. The summed E-state index contributed by atoms with van der Waals surface area (Å²) in [5.41, 5.74) is 3.39. The van der Waals surface area contributed by atoms with Crippen LogP contribution in [-0.2, 0) is 0 Å². The van der Waals surface area contributed by atoms with E-state index in [1.165, 1.54) is 0 Å².